The summed E-state index contributed by atoms with van der Waals surface area (Å²) in [7, 11) is 0. The second kappa shape index (κ2) is 4.83. The van der Waals surface area contributed by atoms with Gasteiger partial charge in [-0.1, -0.05) is 24.3 Å². The van der Waals surface area contributed by atoms with Gasteiger partial charge in [-0.05, 0) is 11.1 Å². The first kappa shape index (κ1) is 10.7. The molecule has 0 radical (unpaired) electrons. The normalized spacial score (nSPS) is 12.4. The van der Waals surface area contributed by atoms with Crippen molar-refractivity contribution in [1.29, 1.82) is 0 Å². The Kier molecular flexibility index (Phi) is 3.24. The SMILES string of the molecule is NC[C@H](N)c1ccccc1-c1cncnc1. The van der Waals surface area contributed by atoms with Crippen molar-refractivity contribution in [3.63, 3.8) is 0 Å². The highest BCUT2D eigenvalue weighted by Crippen LogP contribution is 2.25. The Morgan fingerprint density at radius 3 is 2.50 bits per heavy atom. The first-order chi connectivity index (χ1) is 7.83. The molecule has 0 aliphatic carbocycles. The Hall–Kier alpha value is -1.78. The van der Waals surface area contributed by atoms with E-state index in [-0.39, 0.29) is 6.04 Å². The molecule has 0 spiro atoms. The summed E-state index contributed by atoms with van der Waals surface area (Å²) in [5.74, 6) is 0. The molecule has 4 heteroatoms. The number of nitrogens with two attached hydrogens (primary N) is 2. The van der Waals surface area contributed by atoms with E-state index < -0.39 is 0 Å². The van der Waals surface area contributed by atoms with Crippen LogP contribution in [-0.2, 0) is 0 Å². The minimum atomic E-state index is -0.156. The molecule has 1 aromatic carbocycles. The van der Waals surface area contributed by atoms with Crippen LogP contribution in [0.15, 0.2) is 43.0 Å². The van der Waals surface area contributed by atoms with Crippen LogP contribution in [-0.4, -0.2) is 16.5 Å². The molecule has 82 valence electrons. The van der Waals surface area contributed by atoms with Crippen LogP contribution in [0.5, 0.6) is 0 Å². The van der Waals surface area contributed by atoms with Gasteiger partial charge in [-0.2, -0.15) is 0 Å². The fourth-order valence-corrected chi connectivity index (χ4v) is 1.65. The van der Waals surface area contributed by atoms with E-state index in [1.807, 2.05) is 24.3 Å². The van der Waals surface area contributed by atoms with Crippen LogP contribution in [0.4, 0.5) is 0 Å². The average molecular weight is 214 g/mol. The van der Waals surface area contributed by atoms with Gasteiger partial charge in [0.15, 0.2) is 0 Å². The van der Waals surface area contributed by atoms with Crippen molar-refractivity contribution in [3.05, 3.63) is 48.5 Å². The summed E-state index contributed by atoms with van der Waals surface area (Å²) in [4.78, 5) is 8.01. The van der Waals surface area contributed by atoms with Gasteiger partial charge < -0.3 is 11.5 Å². The van der Waals surface area contributed by atoms with E-state index in [0.29, 0.717) is 6.54 Å². The standard InChI is InChI=1S/C12H14N4/c13-5-12(14)11-4-2-1-3-10(11)9-6-15-8-16-7-9/h1-4,6-8,12H,5,13-14H2/t12-/m0/s1. The molecule has 2 rings (SSSR count). The molecule has 0 aliphatic heterocycles. The second-order valence-corrected chi connectivity index (χ2v) is 3.56. The highest BCUT2D eigenvalue weighted by Gasteiger charge is 2.10. The third kappa shape index (κ3) is 2.08. The highest BCUT2D eigenvalue weighted by molar-refractivity contribution is 5.66. The number of hydrogen-bond donors (Lipinski definition) is 2. The van der Waals surface area contributed by atoms with Gasteiger partial charge in [0.05, 0.1) is 0 Å². The van der Waals surface area contributed by atoms with Crippen LogP contribution < -0.4 is 11.5 Å². The van der Waals surface area contributed by atoms with Crippen LogP contribution >= 0.6 is 0 Å². The molecular formula is C12H14N4. The lowest BCUT2D eigenvalue weighted by Gasteiger charge is -2.14. The highest BCUT2D eigenvalue weighted by atomic mass is 14.8. The molecular weight excluding hydrogens is 200 g/mol. The first-order valence-electron chi connectivity index (χ1n) is 5.13. The van der Waals surface area contributed by atoms with Crippen molar-refractivity contribution in [2.75, 3.05) is 6.54 Å². The van der Waals surface area contributed by atoms with Crippen LogP contribution in [0.3, 0.4) is 0 Å². The molecule has 0 bridgehead atoms. The average Bonchev–Trinajstić information content (AvgIpc) is 2.39. The van der Waals surface area contributed by atoms with Gasteiger partial charge in [0.2, 0.25) is 0 Å². The van der Waals surface area contributed by atoms with Crippen LogP contribution in [0.25, 0.3) is 11.1 Å². The molecule has 4 nitrogen and oxygen atoms in total. The van der Waals surface area contributed by atoms with Crippen molar-refractivity contribution >= 4 is 0 Å². The molecule has 0 unspecified atom stereocenters. The van der Waals surface area contributed by atoms with E-state index in [9.17, 15) is 0 Å². The van der Waals surface area contributed by atoms with E-state index in [2.05, 4.69) is 9.97 Å². The fraction of sp³-hybridized carbons (Fsp3) is 0.167. The Labute approximate surface area is 94.3 Å². The molecule has 16 heavy (non-hydrogen) atoms. The Morgan fingerprint density at radius 1 is 1.12 bits per heavy atom. The van der Waals surface area contributed by atoms with Gasteiger partial charge in [-0.15, -0.1) is 0 Å². The first-order valence-corrected chi connectivity index (χ1v) is 5.13. The molecule has 0 saturated heterocycles. The molecule has 2 aromatic rings. The largest absolute Gasteiger partial charge is 0.329 e. The van der Waals surface area contributed by atoms with Crippen molar-refractivity contribution in [2.45, 2.75) is 6.04 Å². The predicted molar refractivity (Wildman–Crippen MR) is 63.5 cm³/mol. The Bertz CT molecular complexity index is 456. The number of nitrogens with zero attached hydrogens (tertiary/aromatic N) is 2. The third-order valence-electron chi connectivity index (χ3n) is 2.49. The summed E-state index contributed by atoms with van der Waals surface area (Å²) < 4.78 is 0. The van der Waals surface area contributed by atoms with Crippen LogP contribution in [0.1, 0.15) is 11.6 Å². The summed E-state index contributed by atoms with van der Waals surface area (Å²) in [5, 5.41) is 0. The molecule has 0 fully saturated rings. The number of benzene rings is 1. The quantitative estimate of drug-likeness (QED) is 0.802. The minimum absolute atomic E-state index is 0.156. The molecule has 0 amide bonds. The molecule has 1 atom stereocenters. The summed E-state index contributed by atoms with van der Waals surface area (Å²) in [6.07, 6.45) is 5.05. The fourth-order valence-electron chi connectivity index (χ4n) is 1.65. The zero-order chi connectivity index (χ0) is 11.4. The topological polar surface area (TPSA) is 77.8 Å². The molecule has 1 heterocycles. The van der Waals surface area contributed by atoms with E-state index in [1.165, 1.54) is 6.33 Å². The lowest BCUT2D eigenvalue weighted by Crippen LogP contribution is -2.21. The van der Waals surface area contributed by atoms with Crippen LogP contribution in [0.2, 0.25) is 0 Å². The van der Waals surface area contributed by atoms with Gasteiger partial charge >= 0.3 is 0 Å². The number of rotatable bonds is 3. The van der Waals surface area contributed by atoms with Gasteiger partial charge in [-0.25, -0.2) is 9.97 Å². The maximum absolute atomic E-state index is 5.97. The van der Waals surface area contributed by atoms with Crippen molar-refractivity contribution in [2.24, 2.45) is 11.5 Å². The molecule has 0 saturated carbocycles. The lowest BCUT2D eigenvalue weighted by atomic mass is 9.97. The van der Waals surface area contributed by atoms with E-state index in [0.717, 1.165) is 16.7 Å². The second-order valence-electron chi connectivity index (χ2n) is 3.56. The zero-order valence-electron chi connectivity index (χ0n) is 8.88. The van der Waals surface area contributed by atoms with Gasteiger partial charge in [-0.3, -0.25) is 0 Å². The summed E-state index contributed by atoms with van der Waals surface area (Å²) in [5.41, 5.74) is 14.6. The van der Waals surface area contributed by atoms with Crippen molar-refractivity contribution < 1.29 is 0 Å². The molecule has 0 aliphatic rings. The number of hydrogen-bond acceptors (Lipinski definition) is 4. The summed E-state index contributed by atoms with van der Waals surface area (Å²) >= 11 is 0. The summed E-state index contributed by atoms with van der Waals surface area (Å²) in [6, 6.07) is 7.76. The minimum Gasteiger partial charge on any atom is -0.329 e. The maximum atomic E-state index is 5.97. The molecule has 1 aromatic heterocycles. The zero-order valence-corrected chi connectivity index (χ0v) is 8.88. The van der Waals surface area contributed by atoms with Crippen molar-refractivity contribution in [1.82, 2.24) is 9.97 Å². The van der Waals surface area contributed by atoms with E-state index in [4.69, 9.17) is 11.5 Å². The van der Waals surface area contributed by atoms with Crippen LogP contribution in [0, 0.1) is 0 Å². The Balaban J connectivity index is 2.49. The lowest BCUT2D eigenvalue weighted by molar-refractivity contribution is 0.739. The molecule has 4 N–H and O–H groups in total. The van der Waals surface area contributed by atoms with E-state index >= 15 is 0 Å². The van der Waals surface area contributed by atoms with Crippen molar-refractivity contribution in [3.8, 4) is 11.1 Å². The van der Waals surface area contributed by atoms with E-state index in [1.54, 1.807) is 12.4 Å². The predicted octanol–water partition coefficient (Wildman–Crippen LogP) is 1.10. The monoisotopic (exact) mass is 214 g/mol. The smallest absolute Gasteiger partial charge is 0.115 e. The summed E-state index contributed by atoms with van der Waals surface area (Å²) in [6.45, 7) is 0.421. The Morgan fingerprint density at radius 2 is 1.81 bits per heavy atom. The maximum Gasteiger partial charge on any atom is 0.115 e. The third-order valence-corrected chi connectivity index (χ3v) is 2.49. The van der Waals surface area contributed by atoms with Gasteiger partial charge in [0, 0.05) is 30.5 Å². The van der Waals surface area contributed by atoms with Gasteiger partial charge in [0.25, 0.3) is 0 Å². The number of aromatic nitrogens is 2. The van der Waals surface area contributed by atoms with Gasteiger partial charge in [0.1, 0.15) is 6.33 Å².